The molecule has 4 heteroatoms. The van der Waals surface area contributed by atoms with Gasteiger partial charge in [-0.2, -0.15) is 0 Å². The molecule has 1 unspecified atom stereocenters. The summed E-state index contributed by atoms with van der Waals surface area (Å²) in [4.78, 5) is 12.2. The molecule has 0 bridgehead atoms. The van der Waals surface area contributed by atoms with Crippen LogP contribution in [0.3, 0.4) is 0 Å². The van der Waals surface area contributed by atoms with Crippen molar-refractivity contribution in [3.8, 4) is 11.5 Å². The number of aryl methyl sites for hydroxylation is 1. The second kappa shape index (κ2) is 7.61. The third kappa shape index (κ3) is 4.33. The average molecular weight is 298 g/mol. The smallest absolute Gasteiger partial charge is 0.228 e. The highest BCUT2D eigenvalue weighted by molar-refractivity contribution is 5.93. The summed E-state index contributed by atoms with van der Waals surface area (Å²) in [6, 6.07) is 15.3. The van der Waals surface area contributed by atoms with E-state index in [-0.39, 0.29) is 11.8 Å². The van der Waals surface area contributed by atoms with Gasteiger partial charge in [0.25, 0.3) is 0 Å². The third-order valence-corrected chi connectivity index (χ3v) is 3.32. The van der Waals surface area contributed by atoms with Gasteiger partial charge in [-0.05, 0) is 43.8 Å². The Labute approximate surface area is 131 Å². The van der Waals surface area contributed by atoms with Crippen LogP contribution < -0.4 is 15.4 Å². The number of para-hydroxylation sites is 2. The van der Waals surface area contributed by atoms with Gasteiger partial charge in [-0.25, -0.2) is 0 Å². The van der Waals surface area contributed by atoms with E-state index in [1.807, 2.05) is 69.4 Å². The van der Waals surface area contributed by atoms with Crippen molar-refractivity contribution >= 4 is 11.6 Å². The number of hydrogen-bond acceptors (Lipinski definition) is 3. The zero-order valence-corrected chi connectivity index (χ0v) is 13.2. The van der Waals surface area contributed by atoms with Crippen molar-refractivity contribution in [2.45, 2.75) is 13.8 Å². The molecular formula is C18H22N2O2. The second-order valence-electron chi connectivity index (χ2n) is 5.36. The largest absolute Gasteiger partial charge is 0.455 e. The Hall–Kier alpha value is -2.33. The average Bonchev–Trinajstić information content (AvgIpc) is 2.49. The zero-order chi connectivity index (χ0) is 15.9. The number of amides is 1. The maximum atomic E-state index is 12.2. The third-order valence-electron chi connectivity index (χ3n) is 3.32. The molecule has 0 aliphatic rings. The highest BCUT2D eigenvalue weighted by Crippen LogP contribution is 2.29. The molecule has 2 aromatic carbocycles. The van der Waals surface area contributed by atoms with Crippen LogP contribution in [0.4, 0.5) is 5.69 Å². The quantitative estimate of drug-likeness (QED) is 0.857. The van der Waals surface area contributed by atoms with Crippen molar-refractivity contribution in [2.75, 3.05) is 18.9 Å². The molecule has 0 aliphatic heterocycles. The Morgan fingerprint density at radius 3 is 2.68 bits per heavy atom. The Morgan fingerprint density at radius 1 is 1.18 bits per heavy atom. The summed E-state index contributed by atoms with van der Waals surface area (Å²) in [5.41, 5.74) is 1.80. The lowest BCUT2D eigenvalue weighted by Gasteiger charge is -2.15. The highest BCUT2D eigenvalue weighted by Gasteiger charge is 2.14. The first-order valence-corrected chi connectivity index (χ1v) is 7.39. The number of hydrogen-bond donors (Lipinski definition) is 2. The normalized spacial score (nSPS) is 11.8. The molecule has 4 nitrogen and oxygen atoms in total. The van der Waals surface area contributed by atoms with Crippen LogP contribution in [0.5, 0.6) is 11.5 Å². The number of nitrogens with one attached hydrogen (secondary N) is 2. The summed E-state index contributed by atoms with van der Waals surface area (Å²) in [6.45, 7) is 4.53. The Bertz CT molecular complexity index is 640. The predicted octanol–water partition coefficient (Wildman–Crippen LogP) is 3.58. The standard InChI is InChI=1S/C18H22N2O2/c1-13-7-6-8-15(11-13)22-17-10-5-4-9-16(17)20-18(21)14(2)12-19-3/h4-11,14,19H,12H2,1-3H3,(H,20,21). The lowest BCUT2D eigenvalue weighted by atomic mass is 10.1. The van der Waals surface area contributed by atoms with Gasteiger partial charge in [-0.1, -0.05) is 31.2 Å². The van der Waals surface area contributed by atoms with Gasteiger partial charge in [0.2, 0.25) is 5.91 Å². The monoisotopic (exact) mass is 298 g/mol. The number of benzene rings is 2. The minimum atomic E-state index is -0.114. The molecule has 1 atom stereocenters. The van der Waals surface area contributed by atoms with Crippen molar-refractivity contribution < 1.29 is 9.53 Å². The van der Waals surface area contributed by atoms with Gasteiger partial charge < -0.3 is 15.4 Å². The molecule has 2 rings (SSSR count). The molecule has 0 heterocycles. The minimum Gasteiger partial charge on any atom is -0.455 e. The number of anilines is 1. The molecule has 2 aromatic rings. The summed E-state index contributed by atoms with van der Waals surface area (Å²) in [5, 5.41) is 5.93. The van der Waals surface area contributed by atoms with Crippen molar-refractivity contribution in [3.05, 3.63) is 54.1 Å². The summed E-state index contributed by atoms with van der Waals surface area (Å²) in [5.74, 6) is 1.25. The van der Waals surface area contributed by atoms with Crippen LogP contribution in [0.25, 0.3) is 0 Å². The van der Waals surface area contributed by atoms with Gasteiger partial charge in [-0.3, -0.25) is 4.79 Å². The topological polar surface area (TPSA) is 50.4 Å². The number of carbonyl (C=O) groups is 1. The fourth-order valence-electron chi connectivity index (χ4n) is 2.12. The van der Waals surface area contributed by atoms with E-state index in [1.165, 1.54) is 0 Å². The van der Waals surface area contributed by atoms with E-state index in [4.69, 9.17) is 4.74 Å². The summed E-state index contributed by atoms with van der Waals surface area (Å²) in [6.07, 6.45) is 0. The zero-order valence-electron chi connectivity index (χ0n) is 13.2. The van der Waals surface area contributed by atoms with E-state index < -0.39 is 0 Å². The molecule has 22 heavy (non-hydrogen) atoms. The second-order valence-corrected chi connectivity index (χ2v) is 5.36. The van der Waals surface area contributed by atoms with E-state index in [0.717, 1.165) is 11.3 Å². The van der Waals surface area contributed by atoms with Crippen LogP contribution in [0.1, 0.15) is 12.5 Å². The molecule has 116 valence electrons. The Balaban J connectivity index is 2.15. The molecular weight excluding hydrogens is 276 g/mol. The van der Waals surface area contributed by atoms with Crippen LogP contribution in [-0.4, -0.2) is 19.5 Å². The summed E-state index contributed by atoms with van der Waals surface area (Å²) >= 11 is 0. The number of rotatable bonds is 6. The summed E-state index contributed by atoms with van der Waals surface area (Å²) in [7, 11) is 1.83. The van der Waals surface area contributed by atoms with Gasteiger partial charge in [0, 0.05) is 12.5 Å². The molecule has 2 N–H and O–H groups in total. The minimum absolute atomic E-state index is 0.0327. The molecule has 0 aromatic heterocycles. The number of ether oxygens (including phenoxy) is 1. The van der Waals surface area contributed by atoms with E-state index in [9.17, 15) is 4.79 Å². The maximum absolute atomic E-state index is 12.2. The molecule has 0 aliphatic carbocycles. The predicted molar refractivity (Wildman–Crippen MR) is 89.4 cm³/mol. The molecule has 0 saturated heterocycles. The highest BCUT2D eigenvalue weighted by atomic mass is 16.5. The van der Waals surface area contributed by atoms with E-state index >= 15 is 0 Å². The van der Waals surface area contributed by atoms with Gasteiger partial charge in [0.05, 0.1) is 5.69 Å². The van der Waals surface area contributed by atoms with Gasteiger partial charge in [0.15, 0.2) is 5.75 Å². The van der Waals surface area contributed by atoms with Gasteiger partial charge in [0.1, 0.15) is 5.75 Å². The fourth-order valence-corrected chi connectivity index (χ4v) is 2.12. The Morgan fingerprint density at radius 2 is 1.95 bits per heavy atom. The maximum Gasteiger partial charge on any atom is 0.228 e. The SMILES string of the molecule is CNCC(C)C(=O)Nc1ccccc1Oc1cccc(C)c1. The first-order valence-electron chi connectivity index (χ1n) is 7.39. The molecule has 0 saturated carbocycles. The van der Waals surface area contributed by atoms with Crippen LogP contribution in [0.15, 0.2) is 48.5 Å². The number of carbonyl (C=O) groups excluding carboxylic acids is 1. The van der Waals surface area contributed by atoms with Crippen molar-refractivity contribution in [1.29, 1.82) is 0 Å². The van der Waals surface area contributed by atoms with E-state index in [2.05, 4.69) is 10.6 Å². The first-order chi connectivity index (χ1) is 10.6. The van der Waals surface area contributed by atoms with Crippen molar-refractivity contribution in [3.63, 3.8) is 0 Å². The molecule has 1 amide bonds. The van der Waals surface area contributed by atoms with Crippen LogP contribution >= 0.6 is 0 Å². The van der Waals surface area contributed by atoms with Gasteiger partial charge >= 0.3 is 0 Å². The van der Waals surface area contributed by atoms with Crippen molar-refractivity contribution in [1.82, 2.24) is 5.32 Å². The summed E-state index contributed by atoms with van der Waals surface area (Å²) < 4.78 is 5.90. The first kappa shape index (κ1) is 16.0. The van der Waals surface area contributed by atoms with Gasteiger partial charge in [-0.15, -0.1) is 0 Å². The lowest BCUT2D eigenvalue weighted by molar-refractivity contribution is -0.119. The van der Waals surface area contributed by atoms with Crippen LogP contribution in [-0.2, 0) is 4.79 Å². The van der Waals surface area contributed by atoms with Crippen LogP contribution in [0.2, 0.25) is 0 Å². The van der Waals surface area contributed by atoms with Crippen molar-refractivity contribution in [2.24, 2.45) is 5.92 Å². The van der Waals surface area contributed by atoms with E-state index in [0.29, 0.717) is 18.0 Å². The molecule has 0 spiro atoms. The lowest BCUT2D eigenvalue weighted by Crippen LogP contribution is -2.28. The molecule has 0 fully saturated rings. The molecule has 0 radical (unpaired) electrons. The fraction of sp³-hybridized carbons (Fsp3) is 0.278. The Kier molecular flexibility index (Phi) is 5.55. The van der Waals surface area contributed by atoms with E-state index in [1.54, 1.807) is 0 Å². The van der Waals surface area contributed by atoms with Crippen LogP contribution in [0, 0.1) is 12.8 Å².